The van der Waals surface area contributed by atoms with E-state index in [-0.39, 0.29) is 5.82 Å². The van der Waals surface area contributed by atoms with Crippen LogP contribution in [0.15, 0.2) is 72.8 Å². The second-order valence-corrected chi connectivity index (χ2v) is 9.17. The van der Waals surface area contributed by atoms with Crippen LogP contribution < -0.4 is 10.6 Å². The van der Waals surface area contributed by atoms with E-state index in [4.69, 9.17) is 28.9 Å². The molecule has 0 spiro atoms. The first-order chi connectivity index (χ1) is 16.7. The number of nitrogens with two attached hydrogens (primary N) is 1. The van der Waals surface area contributed by atoms with E-state index in [1.165, 1.54) is 23.5 Å². The molecular weight excluding hydrogens is 518 g/mol. The van der Waals surface area contributed by atoms with Gasteiger partial charge in [-0.1, -0.05) is 70.9 Å². The third-order valence-electron chi connectivity index (χ3n) is 5.11. The van der Waals surface area contributed by atoms with Crippen LogP contribution in [0.25, 0.3) is 21.7 Å². The molecule has 0 aliphatic rings. The second-order valence-electron chi connectivity index (χ2n) is 7.40. The van der Waals surface area contributed by atoms with Crippen molar-refractivity contribution in [3.05, 3.63) is 88.4 Å². The minimum atomic E-state index is -4.47. The fourth-order valence-electron chi connectivity index (χ4n) is 3.48. The van der Waals surface area contributed by atoms with Crippen molar-refractivity contribution in [1.82, 2.24) is 15.0 Å². The number of fused-ring (bicyclic) bond motifs is 1. The molecule has 5 nitrogen and oxygen atoms in total. The van der Waals surface area contributed by atoms with E-state index in [1.54, 1.807) is 23.1 Å². The third kappa shape index (κ3) is 4.50. The third-order valence-corrected chi connectivity index (χ3v) is 6.66. The predicted octanol–water partition coefficient (Wildman–Crippen LogP) is 8.13. The summed E-state index contributed by atoms with van der Waals surface area (Å²) in [5.74, 6) is 0.608. The molecule has 2 aromatic heterocycles. The van der Waals surface area contributed by atoms with Crippen LogP contribution in [0.1, 0.15) is 5.56 Å². The zero-order valence-electron chi connectivity index (χ0n) is 17.6. The quantitative estimate of drug-likeness (QED) is 0.253. The fraction of sp³-hybridized carbons (Fsp3) is 0.0417. The number of benzene rings is 3. The van der Waals surface area contributed by atoms with Gasteiger partial charge in [0.2, 0.25) is 0 Å². The Kier molecular flexibility index (Phi) is 6.00. The second kappa shape index (κ2) is 8.99. The van der Waals surface area contributed by atoms with Gasteiger partial charge in [-0.05, 0) is 36.4 Å². The molecule has 0 atom stereocenters. The van der Waals surface area contributed by atoms with Gasteiger partial charge in [0.25, 0.3) is 0 Å². The van der Waals surface area contributed by atoms with Crippen LogP contribution in [0, 0.1) is 0 Å². The Morgan fingerprint density at radius 1 is 0.800 bits per heavy atom. The van der Waals surface area contributed by atoms with Gasteiger partial charge in [0.05, 0.1) is 21.3 Å². The summed E-state index contributed by atoms with van der Waals surface area (Å²) in [5.41, 5.74) is 7.32. The topological polar surface area (TPSA) is 67.9 Å². The van der Waals surface area contributed by atoms with E-state index < -0.39 is 11.7 Å². The van der Waals surface area contributed by atoms with Gasteiger partial charge in [0.15, 0.2) is 21.6 Å². The number of hydrogen-bond acceptors (Lipinski definition) is 6. The Balaban J connectivity index is 1.69. The van der Waals surface area contributed by atoms with Gasteiger partial charge in [-0.25, -0.2) is 15.0 Å². The summed E-state index contributed by atoms with van der Waals surface area (Å²) < 4.78 is 39.5. The molecule has 5 rings (SSSR count). The zero-order valence-corrected chi connectivity index (χ0v) is 19.9. The Labute approximate surface area is 211 Å². The minimum Gasteiger partial charge on any atom is -0.382 e. The Morgan fingerprint density at radius 2 is 1.46 bits per heavy atom. The van der Waals surface area contributed by atoms with Crippen molar-refractivity contribution >= 4 is 67.2 Å². The average molecular weight is 532 g/mol. The number of aromatic nitrogens is 3. The Morgan fingerprint density at radius 3 is 2.09 bits per heavy atom. The number of hydrogen-bond donors (Lipinski definition) is 1. The molecule has 176 valence electrons. The first-order valence-electron chi connectivity index (χ1n) is 10.1. The molecule has 0 bridgehead atoms. The van der Waals surface area contributed by atoms with Crippen LogP contribution in [-0.2, 0) is 6.18 Å². The maximum absolute atomic E-state index is 13.2. The smallest absolute Gasteiger partial charge is 0.382 e. The summed E-state index contributed by atoms with van der Waals surface area (Å²) in [6.45, 7) is 0. The summed E-state index contributed by atoms with van der Waals surface area (Å²) in [7, 11) is 0. The molecule has 0 amide bonds. The van der Waals surface area contributed by atoms with Crippen LogP contribution in [0.4, 0.5) is 35.5 Å². The summed E-state index contributed by atoms with van der Waals surface area (Å²) >= 11 is 14.2. The number of halogens is 5. The lowest BCUT2D eigenvalue weighted by Crippen LogP contribution is -2.12. The van der Waals surface area contributed by atoms with Gasteiger partial charge in [0, 0.05) is 11.3 Å². The van der Waals surface area contributed by atoms with E-state index in [0.29, 0.717) is 42.7 Å². The molecule has 2 N–H and O–H groups in total. The van der Waals surface area contributed by atoms with E-state index >= 15 is 0 Å². The molecular formula is C24H14Cl2F3N5S. The van der Waals surface area contributed by atoms with Gasteiger partial charge in [-0.3, -0.25) is 4.90 Å². The first kappa shape index (κ1) is 23.3. The van der Waals surface area contributed by atoms with E-state index in [9.17, 15) is 13.2 Å². The molecule has 0 fully saturated rings. The molecule has 0 aliphatic carbocycles. The minimum absolute atomic E-state index is 0.175. The lowest BCUT2D eigenvalue weighted by Gasteiger charge is -2.24. The van der Waals surface area contributed by atoms with Crippen LogP contribution in [0.2, 0.25) is 10.0 Å². The maximum atomic E-state index is 13.2. The van der Waals surface area contributed by atoms with Crippen molar-refractivity contribution in [2.45, 2.75) is 6.18 Å². The predicted molar refractivity (Wildman–Crippen MR) is 135 cm³/mol. The van der Waals surface area contributed by atoms with E-state index in [1.807, 2.05) is 30.3 Å². The number of anilines is 4. The van der Waals surface area contributed by atoms with Crippen molar-refractivity contribution < 1.29 is 13.2 Å². The Hall–Kier alpha value is -3.40. The summed E-state index contributed by atoms with van der Waals surface area (Å²) in [6.07, 6.45) is -4.47. The first-order valence-corrected chi connectivity index (χ1v) is 11.7. The van der Waals surface area contributed by atoms with Crippen LogP contribution in [0.5, 0.6) is 0 Å². The molecule has 3 aromatic carbocycles. The highest BCUT2D eigenvalue weighted by molar-refractivity contribution is 7.22. The van der Waals surface area contributed by atoms with Crippen molar-refractivity contribution in [2.75, 3.05) is 10.6 Å². The molecule has 0 aliphatic heterocycles. The van der Waals surface area contributed by atoms with Crippen LogP contribution >= 0.6 is 34.5 Å². The molecule has 2 heterocycles. The highest BCUT2D eigenvalue weighted by Gasteiger charge is 2.31. The number of nitrogen functional groups attached to an aromatic ring is 1. The largest absolute Gasteiger partial charge is 0.416 e. The van der Waals surface area contributed by atoms with Gasteiger partial charge in [0.1, 0.15) is 5.52 Å². The fourth-order valence-corrected chi connectivity index (χ4v) is 5.02. The van der Waals surface area contributed by atoms with Gasteiger partial charge >= 0.3 is 6.18 Å². The molecule has 11 heteroatoms. The van der Waals surface area contributed by atoms with Crippen molar-refractivity contribution in [1.29, 1.82) is 0 Å². The Bertz CT molecular complexity index is 1500. The van der Waals surface area contributed by atoms with Crippen molar-refractivity contribution in [2.24, 2.45) is 0 Å². The zero-order chi connectivity index (χ0) is 24.7. The van der Waals surface area contributed by atoms with Crippen LogP contribution in [0.3, 0.4) is 0 Å². The number of alkyl halides is 3. The number of thiazole rings is 1. The van der Waals surface area contributed by atoms with Gasteiger partial charge in [-0.2, -0.15) is 13.2 Å². The van der Waals surface area contributed by atoms with E-state index in [0.717, 1.165) is 17.7 Å². The molecule has 0 radical (unpaired) electrons. The number of para-hydroxylation sites is 1. The summed E-state index contributed by atoms with van der Waals surface area (Å²) in [4.78, 5) is 15.7. The molecule has 5 aromatic rings. The lowest BCUT2D eigenvalue weighted by atomic mass is 10.1. The highest BCUT2D eigenvalue weighted by atomic mass is 35.5. The normalized spacial score (nSPS) is 11.7. The van der Waals surface area contributed by atoms with Gasteiger partial charge < -0.3 is 5.73 Å². The average Bonchev–Trinajstić information content (AvgIpc) is 3.26. The lowest BCUT2D eigenvalue weighted by molar-refractivity contribution is -0.137. The molecule has 0 unspecified atom stereocenters. The number of nitrogens with zero attached hydrogens (tertiary/aromatic N) is 4. The van der Waals surface area contributed by atoms with Crippen molar-refractivity contribution in [3.8, 4) is 11.4 Å². The number of rotatable bonds is 4. The van der Waals surface area contributed by atoms with Crippen molar-refractivity contribution in [3.63, 3.8) is 0 Å². The summed E-state index contributed by atoms with van der Waals surface area (Å²) in [6, 6.07) is 18.9. The van der Waals surface area contributed by atoms with E-state index in [2.05, 4.69) is 15.0 Å². The monoisotopic (exact) mass is 531 g/mol. The molecule has 0 saturated carbocycles. The maximum Gasteiger partial charge on any atom is 0.416 e. The highest BCUT2D eigenvalue weighted by Crippen LogP contribution is 2.46. The van der Waals surface area contributed by atoms with Gasteiger partial charge in [-0.15, -0.1) is 0 Å². The summed E-state index contributed by atoms with van der Waals surface area (Å²) in [5, 5.41) is 0.947. The standard InChI is InChI=1S/C24H14Cl2F3N5S/c25-16-7-4-8-17(26)19(16)34(15-11-9-14(10-12-15)24(27,28)29)23-31-18-20(30)32-21(33-22(18)35-23)13-5-2-1-3-6-13/h1-12H,(H2,30,32,33). The molecule has 0 saturated heterocycles. The molecule has 35 heavy (non-hydrogen) atoms. The van der Waals surface area contributed by atoms with Crippen LogP contribution in [-0.4, -0.2) is 15.0 Å². The SMILES string of the molecule is Nc1nc(-c2ccccc2)nc2sc(N(c3ccc(C(F)(F)F)cc3)c3c(Cl)cccc3Cl)nc12.